The Hall–Kier alpha value is -3.16. The predicted molar refractivity (Wildman–Crippen MR) is 114 cm³/mol. The van der Waals surface area contributed by atoms with Crippen LogP contribution in [-0.2, 0) is 0 Å². The van der Waals surface area contributed by atoms with Crippen LogP contribution >= 0.6 is 0 Å². The van der Waals surface area contributed by atoms with E-state index in [2.05, 4.69) is 0 Å². The predicted octanol–water partition coefficient (Wildman–Crippen LogP) is 0.881. The molecule has 1 aliphatic rings. The largest absolute Gasteiger partial charge is 0.497 e. The van der Waals surface area contributed by atoms with Crippen molar-refractivity contribution >= 4 is 5.91 Å². The zero-order valence-electron chi connectivity index (χ0n) is 17.1. The fourth-order valence-electron chi connectivity index (χ4n) is 3.81. The average molecular weight is 407 g/mol. The number of hydrogen-bond acceptors (Lipinski definition) is 4. The van der Waals surface area contributed by atoms with Crippen molar-refractivity contribution in [1.29, 1.82) is 0 Å². The highest BCUT2D eigenvalue weighted by Crippen LogP contribution is 2.27. The van der Waals surface area contributed by atoms with Gasteiger partial charge in [0.25, 0.3) is 5.91 Å². The van der Waals surface area contributed by atoms with E-state index in [9.17, 15) is 4.79 Å². The number of aliphatic hydroxyl groups excluding tert-OH is 1. The number of aliphatic hydroxyl groups is 1. The van der Waals surface area contributed by atoms with Crippen LogP contribution in [0.25, 0.3) is 16.9 Å². The van der Waals surface area contributed by atoms with Gasteiger partial charge in [0.15, 0.2) is 0 Å². The van der Waals surface area contributed by atoms with Gasteiger partial charge in [-0.1, -0.05) is 18.2 Å². The van der Waals surface area contributed by atoms with Gasteiger partial charge in [-0.3, -0.25) is 4.79 Å². The van der Waals surface area contributed by atoms with Crippen LogP contribution < -0.4 is 9.64 Å². The summed E-state index contributed by atoms with van der Waals surface area (Å²) in [6, 6.07) is 17.4. The van der Waals surface area contributed by atoms with Crippen LogP contribution in [0.2, 0.25) is 0 Å². The summed E-state index contributed by atoms with van der Waals surface area (Å²) >= 11 is 0. The van der Waals surface area contributed by atoms with Crippen LogP contribution in [-0.4, -0.2) is 72.1 Å². The molecule has 0 saturated carbocycles. The van der Waals surface area contributed by atoms with Gasteiger partial charge in [0, 0.05) is 11.8 Å². The molecule has 2 heterocycles. The number of carbonyl (C=O) groups is 1. The van der Waals surface area contributed by atoms with E-state index in [1.807, 2.05) is 65.7 Å². The fraction of sp³-hybridized carbons (Fsp3) is 0.304. The first-order valence-corrected chi connectivity index (χ1v) is 10.2. The number of nitrogens with zero attached hydrogens (tertiary/aromatic N) is 3. The maximum absolute atomic E-state index is 13.4. The Kier molecular flexibility index (Phi) is 6.11. The summed E-state index contributed by atoms with van der Waals surface area (Å²) in [5, 5.41) is 13.9. The summed E-state index contributed by atoms with van der Waals surface area (Å²) in [4.78, 5) is 16.6. The minimum atomic E-state index is -0.00829. The molecule has 30 heavy (non-hydrogen) atoms. The highest BCUT2D eigenvalue weighted by atomic mass is 16.5. The van der Waals surface area contributed by atoms with E-state index in [1.165, 1.54) is 4.90 Å². The Morgan fingerprint density at radius 1 is 1.10 bits per heavy atom. The van der Waals surface area contributed by atoms with Crippen molar-refractivity contribution in [3.8, 4) is 22.7 Å². The zero-order chi connectivity index (χ0) is 20.9. The van der Waals surface area contributed by atoms with E-state index in [0.717, 1.165) is 36.6 Å². The van der Waals surface area contributed by atoms with Crippen LogP contribution in [0.15, 0.2) is 60.8 Å². The number of para-hydroxylation sites is 1. The molecule has 2 aromatic carbocycles. The summed E-state index contributed by atoms with van der Waals surface area (Å²) < 4.78 is 7.03. The lowest BCUT2D eigenvalue weighted by Gasteiger charge is -2.31. The number of piperazine rings is 1. The standard InChI is InChI=1S/C23H26N4O3/c1-30-20-9-7-18(8-10-20)22-21(17-27(24-22)19-5-3-2-4-6-19)23(29)26-13-11-25(12-14-26)15-16-28/h2-10,17,28H,11-16H2,1H3/p+1. The lowest BCUT2D eigenvalue weighted by Crippen LogP contribution is -3.15. The SMILES string of the molecule is COc1ccc(-c2nn(-c3ccccc3)cc2C(=O)N2CC[NH+](CCO)CC2)cc1. The van der Waals surface area contributed by atoms with Crippen LogP contribution in [0.3, 0.4) is 0 Å². The van der Waals surface area contributed by atoms with Crippen molar-refractivity contribution in [2.75, 3.05) is 46.4 Å². The van der Waals surface area contributed by atoms with Gasteiger partial charge in [0.1, 0.15) is 18.0 Å². The Morgan fingerprint density at radius 2 is 1.80 bits per heavy atom. The summed E-state index contributed by atoms with van der Waals surface area (Å²) in [5.41, 5.74) is 3.04. The van der Waals surface area contributed by atoms with E-state index in [1.54, 1.807) is 11.8 Å². The minimum absolute atomic E-state index is 0.00829. The van der Waals surface area contributed by atoms with Crippen molar-refractivity contribution in [2.45, 2.75) is 0 Å². The van der Waals surface area contributed by atoms with Crippen molar-refractivity contribution in [3.63, 3.8) is 0 Å². The third-order valence-corrected chi connectivity index (χ3v) is 5.55. The number of amides is 1. The van der Waals surface area contributed by atoms with Crippen LogP contribution in [0.1, 0.15) is 10.4 Å². The molecule has 3 aromatic rings. The number of carbonyl (C=O) groups excluding carboxylic acids is 1. The van der Waals surface area contributed by atoms with Gasteiger partial charge in [-0.05, 0) is 36.4 Å². The molecule has 156 valence electrons. The fourth-order valence-corrected chi connectivity index (χ4v) is 3.81. The molecule has 1 aliphatic heterocycles. The lowest BCUT2D eigenvalue weighted by atomic mass is 10.1. The molecular weight excluding hydrogens is 380 g/mol. The van der Waals surface area contributed by atoms with Gasteiger partial charge in [0.2, 0.25) is 0 Å². The molecule has 0 unspecified atom stereocenters. The van der Waals surface area contributed by atoms with Gasteiger partial charge in [-0.15, -0.1) is 0 Å². The van der Waals surface area contributed by atoms with E-state index in [0.29, 0.717) is 24.3 Å². The topological polar surface area (TPSA) is 72.0 Å². The first-order chi connectivity index (χ1) is 14.7. The second-order valence-electron chi connectivity index (χ2n) is 7.42. The third kappa shape index (κ3) is 4.22. The molecule has 0 atom stereocenters. The van der Waals surface area contributed by atoms with Crippen LogP contribution in [0.4, 0.5) is 0 Å². The normalized spacial score (nSPS) is 14.7. The summed E-state index contributed by atoms with van der Waals surface area (Å²) in [5.74, 6) is 0.753. The molecule has 4 rings (SSSR count). The maximum Gasteiger partial charge on any atom is 0.258 e. The Bertz CT molecular complexity index is 977. The second-order valence-corrected chi connectivity index (χ2v) is 7.42. The molecule has 0 bridgehead atoms. The van der Waals surface area contributed by atoms with E-state index in [4.69, 9.17) is 14.9 Å². The molecular formula is C23H27N4O3+. The summed E-state index contributed by atoms with van der Waals surface area (Å²) in [6.45, 7) is 3.94. The molecule has 0 aliphatic carbocycles. The molecule has 2 N–H and O–H groups in total. The van der Waals surface area contributed by atoms with Crippen molar-refractivity contribution in [1.82, 2.24) is 14.7 Å². The van der Waals surface area contributed by atoms with Gasteiger partial charge < -0.3 is 19.6 Å². The molecule has 1 fully saturated rings. The number of nitrogens with one attached hydrogen (secondary N) is 1. The van der Waals surface area contributed by atoms with Gasteiger partial charge in [-0.25, -0.2) is 4.68 Å². The zero-order valence-corrected chi connectivity index (χ0v) is 17.1. The molecule has 1 saturated heterocycles. The number of ether oxygens (including phenoxy) is 1. The van der Waals surface area contributed by atoms with Crippen LogP contribution in [0.5, 0.6) is 5.75 Å². The molecule has 7 heteroatoms. The number of aromatic nitrogens is 2. The van der Waals surface area contributed by atoms with E-state index >= 15 is 0 Å². The first-order valence-electron chi connectivity index (χ1n) is 10.2. The molecule has 1 amide bonds. The Balaban J connectivity index is 1.66. The van der Waals surface area contributed by atoms with Gasteiger partial charge in [0.05, 0.1) is 51.1 Å². The van der Waals surface area contributed by atoms with Crippen molar-refractivity contribution < 1.29 is 19.5 Å². The average Bonchev–Trinajstić information content (AvgIpc) is 3.25. The van der Waals surface area contributed by atoms with E-state index in [-0.39, 0.29) is 12.5 Å². The summed E-state index contributed by atoms with van der Waals surface area (Å²) in [6.07, 6.45) is 1.82. The number of benzene rings is 2. The Morgan fingerprint density at radius 3 is 2.43 bits per heavy atom. The van der Waals surface area contributed by atoms with Gasteiger partial charge >= 0.3 is 0 Å². The smallest absolute Gasteiger partial charge is 0.258 e. The quantitative estimate of drug-likeness (QED) is 0.637. The Labute approximate surface area is 176 Å². The summed E-state index contributed by atoms with van der Waals surface area (Å²) in [7, 11) is 1.63. The minimum Gasteiger partial charge on any atom is -0.497 e. The number of rotatable bonds is 6. The number of methoxy groups -OCH3 is 1. The number of quaternary nitrogens is 1. The van der Waals surface area contributed by atoms with Crippen LogP contribution in [0, 0.1) is 0 Å². The van der Waals surface area contributed by atoms with Gasteiger partial charge in [-0.2, -0.15) is 5.10 Å². The van der Waals surface area contributed by atoms with Crippen molar-refractivity contribution in [2.24, 2.45) is 0 Å². The molecule has 0 radical (unpaired) electrons. The maximum atomic E-state index is 13.4. The highest BCUT2D eigenvalue weighted by Gasteiger charge is 2.28. The first kappa shape index (κ1) is 20.1. The number of hydrogen-bond donors (Lipinski definition) is 2. The molecule has 1 aromatic heterocycles. The monoisotopic (exact) mass is 407 g/mol. The highest BCUT2D eigenvalue weighted by molar-refractivity contribution is 6.00. The third-order valence-electron chi connectivity index (χ3n) is 5.55. The molecule has 0 spiro atoms. The lowest BCUT2D eigenvalue weighted by molar-refractivity contribution is -0.904. The molecule has 7 nitrogen and oxygen atoms in total. The van der Waals surface area contributed by atoms with E-state index < -0.39 is 0 Å². The van der Waals surface area contributed by atoms with Crippen molar-refractivity contribution in [3.05, 3.63) is 66.4 Å². The second kappa shape index (κ2) is 9.11.